The number of unbranched alkanes of at least 4 members (excludes halogenated alkanes) is 2. The molecule has 0 aliphatic heterocycles. The zero-order valence-electron chi connectivity index (χ0n) is 12.5. The molecule has 1 unspecified atom stereocenters. The Morgan fingerprint density at radius 2 is 1.95 bits per heavy atom. The van der Waals surface area contributed by atoms with Gasteiger partial charge in [-0.1, -0.05) is 37.9 Å². The number of hydrogen-bond donors (Lipinski definition) is 2. The molecule has 0 aliphatic rings. The predicted molar refractivity (Wildman–Crippen MR) is 85.2 cm³/mol. The summed E-state index contributed by atoms with van der Waals surface area (Å²) in [5, 5.41) is 7.52. The van der Waals surface area contributed by atoms with Crippen LogP contribution < -0.4 is 10.6 Å². The van der Waals surface area contributed by atoms with E-state index in [4.69, 9.17) is 0 Å². The van der Waals surface area contributed by atoms with E-state index in [1.807, 2.05) is 12.3 Å². The predicted octanol–water partition coefficient (Wildman–Crippen LogP) is 4.01. The van der Waals surface area contributed by atoms with Crippen LogP contribution in [0, 0.1) is 0 Å². The average Bonchev–Trinajstić information content (AvgIpc) is 2.39. The van der Waals surface area contributed by atoms with Crippen LogP contribution in [0.5, 0.6) is 0 Å². The highest BCUT2D eigenvalue weighted by atomic mass is 32.2. The molecule has 5 heteroatoms. The Morgan fingerprint density at radius 1 is 1.21 bits per heavy atom. The quantitative estimate of drug-likeness (QED) is 0.407. The molecule has 4 nitrogen and oxygen atoms in total. The van der Waals surface area contributed by atoms with Gasteiger partial charge in [-0.15, -0.1) is 0 Å². The second-order valence-electron chi connectivity index (χ2n) is 4.70. The lowest BCUT2D eigenvalue weighted by Gasteiger charge is -2.15. The Morgan fingerprint density at radius 3 is 2.58 bits per heavy atom. The van der Waals surface area contributed by atoms with Crippen molar-refractivity contribution in [2.75, 3.05) is 23.4 Å². The molecule has 1 aromatic rings. The molecule has 1 atom stereocenters. The fraction of sp³-hybridized carbons (Fsp3) is 0.714. The summed E-state index contributed by atoms with van der Waals surface area (Å²) in [6.07, 6.45) is 7.02. The van der Waals surface area contributed by atoms with Crippen LogP contribution in [-0.2, 0) is 0 Å². The molecule has 108 valence electrons. The van der Waals surface area contributed by atoms with Gasteiger partial charge in [-0.25, -0.2) is 9.97 Å². The van der Waals surface area contributed by atoms with E-state index < -0.39 is 0 Å². The third kappa shape index (κ3) is 6.14. The second kappa shape index (κ2) is 9.02. The van der Waals surface area contributed by atoms with Gasteiger partial charge < -0.3 is 10.6 Å². The minimum Gasteiger partial charge on any atom is -0.370 e. The summed E-state index contributed by atoms with van der Waals surface area (Å²) in [7, 11) is 0. The topological polar surface area (TPSA) is 49.8 Å². The van der Waals surface area contributed by atoms with Crippen molar-refractivity contribution in [1.82, 2.24) is 9.97 Å². The van der Waals surface area contributed by atoms with E-state index in [-0.39, 0.29) is 0 Å². The van der Waals surface area contributed by atoms with Gasteiger partial charge in [0.1, 0.15) is 11.6 Å². The molecule has 1 heterocycles. The van der Waals surface area contributed by atoms with Crippen molar-refractivity contribution in [3.63, 3.8) is 0 Å². The van der Waals surface area contributed by atoms with Crippen molar-refractivity contribution in [2.24, 2.45) is 0 Å². The van der Waals surface area contributed by atoms with Crippen LogP contribution in [-0.4, -0.2) is 28.8 Å². The molecule has 0 fully saturated rings. The van der Waals surface area contributed by atoms with Crippen LogP contribution in [0.15, 0.2) is 11.2 Å². The lowest BCUT2D eigenvalue weighted by Crippen LogP contribution is -2.16. The Hall–Kier alpha value is -0.970. The fourth-order valence-corrected chi connectivity index (χ4v) is 2.27. The molecule has 2 N–H and O–H groups in total. The van der Waals surface area contributed by atoms with E-state index in [0.717, 1.165) is 23.3 Å². The third-order valence-electron chi connectivity index (χ3n) is 2.88. The number of nitrogens with zero attached hydrogens (tertiary/aromatic N) is 2. The van der Waals surface area contributed by atoms with Gasteiger partial charge in [0, 0.05) is 18.7 Å². The summed E-state index contributed by atoms with van der Waals surface area (Å²) >= 11 is 1.57. The maximum atomic E-state index is 4.50. The molecule has 0 radical (unpaired) electrons. The van der Waals surface area contributed by atoms with Crippen LogP contribution in [0.2, 0.25) is 0 Å². The standard InChI is InChI=1S/C14H26N4S/c1-5-7-8-9-11(3)16-13-10-12(15-6-2)17-14(18-13)19-4/h10-11H,5-9H2,1-4H3,(H2,15,16,17,18). The van der Waals surface area contributed by atoms with E-state index in [1.54, 1.807) is 11.8 Å². The van der Waals surface area contributed by atoms with Gasteiger partial charge in [0.15, 0.2) is 5.16 Å². The number of anilines is 2. The van der Waals surface area contributed by atoms with Gasteiger partial charge in [-0.2, -0.15) is 0 Å². The van der Waals surface area contributed by atoms with Crippen LogP contribution in [0.1, 0.15) is 46.5 Å². The monoisotopic (exact) mass is 282 g/mol. The molecule has 0 aromatic carbocycles. The van der Waals surface area contributed by atoms with Gasteiger partial charge in [-0.05, 0) is 26.5 Å². The fourth-order valence-electron chi connectivity index (χ4n) is 1.89. The summed E-state index contributed by atoms with van der Waals surface area (Å²) < 4.78 is 0. The van der Waals surface area contributed by atoms with E-state index in [0.29, 0.717) is 6.04 Å². The van der Waals surface area contributed by atoms with Crippen molar-refractivity contribution in [2.45, 2.75) is 57.7 Å². The third-order valence-corrected chi connectivity index (χ3v) is 3.43. The molecule has 0 aliphatic carbocycles. The van der Waals surface area contributed by atoms with E-state index in [2.05, 4.69) is 41.4 Å². The van der Waals surface area contributed by atoms with Crippen LogP contribution in [0.4, 0.5) is 11.6 Å². The first-order valence-corrected chi connectivity index (χ1v) is 8.35. The molecule has 0 saturated carbocycles. The lowest BCUT2D eigenvalue weighted by atomic mass is 10.1. The van der Waals surface area contributed by atoms with E-state index in [1.165, 1.54) is 25.7 Å². The molecule has 1 aromatic heterocycles. The van der Waals surface area contributed by atoms with Gasteiger partial charge in [0.05, 0.1) is 0 Å². The maximum Gasteiger partial charge on any atom is 0.191 e. The van der Waals surface area contributed by atoms with Crippen LogP contribution in [0.25, 0.3) is 0 Å². The largest absolute Gasteiger partial charge is 0.370 e. The number of hydrogen-bond acceptors (Lipinski definition) is 5. The van der Waals surface area contributed by atoms with E-state index >= 15 is 0 Å². The molecule has 0 saturated heterocycles. The lowest BCUT2D eigenvalue weighted by molar-refractivity contribution is 0.613. The normalized spacial score (nSPS) is 12.2. The highest BCUT2D eigenvalue weighted by Gasteiger charge is 2.07. The average molecular weight is 282 g/mol. The molecule has 0 amide bonds. The molecular weight excluding hydrogens is 256 g/mol. The van der Waals surface area contributed by atoms with Crippen molar-refractivity contribution >= 4 is 23.4 Å². The molecule has 0 bridgehead atoms. The van der Waals surface area contributed by atoms with Crippen molar-refractivity contribution in [3.05, 3.63) is 6.07 Å². The zero-order chi connectivity index (χ0) is 14.1. The Labute approximate surface area is 121 Å². The first kappa shape index (κ1) is 16.1. The molecular formula is C14H26N4S. The smallest absolute Gasteiger partial charge is 0.191 e. The molecule has 0 spiro atoms. The van der Waals surface area contributed by atoms with Crippen LogP contribution >= 0.6 is 11.8 Å². The highest BCUT2D eigenvalue weighted by molar-refractivity contribution is 7.98. The Balaban J connectivity index is 2.62. The minimum atomic E-state index is 0.450. The van der Waals surface area contributed by atoms with E-state index in [9.17, 15) is 0 Å². The second-order valence-corrected chi connectivity index (χ2v) is 5.47. The maximum absolute atomic E-state index is 4.50. The first-order valence-electron chi connectivity index (χ1n) is 7.13. The molecule has 1 rings (SSSR count). The highest BCUT2D eigenvalue weighted by Crippen LogP contribution is 2.18. The number of aromatic nitrogens is 2. The molecule has 19 heavy (non-hydrogen) atoms. The van der Waals surface area contributed by atoms with Crippen molar-refractivity contribution in [1.29, 1.82) is 0 Å². The summed E-state index contributed by atoms with van der Waals surface area (Å²) in [5.41, 5.74) is 0. The summed E-state index contributed by atoms with van der Waals surface area (Å²) in [6, 6.07) is 2.44. The summed E-state index contributed by atoms with van der Waals surface area (Å²) in [4.78, 5) is 8.93. The van der Waals surface area contributed by atoms with Gasteiger partial charge in [0.25, 0.3) is 0 Å². The Bertz CT molecular complexity index is 370. The van der Waals surface area contributed by atoms with Crippen molar-refractivity contribution in [3.8, 4) is 0 Å². The number of thioether (sulfide) groups is 1. The summed E-state index contributed by atoms with van der Waals surface area (Å²) in [6.45, 7) is 7.39. The van der Waals surface area contributed by atoms with Gasteiger partial charge in [0.2, 0.25) is 0 Å². The first-order chi connectivity index (χ1) is 9.19. The SMILES string of the molecule is CCCCCC(C)Nc1cc(NCC)nc(SC)n1. The minimum absolute atomic E-state index is 0.450. The Kier molecular flexibility index (Phi) is 7.63. The van der Waals surface area contributed by atoms with Crippen LogP contribution in [0.3, 0.4) is 0 Å². The summed E-state index contributed by atoms with van der Waals surface area (Å²) in [5.74, 6) is 1.81. The van der Waals surface area contributed by atoms with Crippen molar-refractivity contribution < 1.29 is 0 Å². The number of nitrogens with one attached hydrogen (secondary N) is 2. The zero-order valence-corrected chi connectivity index (χ0v) is 13.3. The van der Waals surface area contributed by atoms with Gasteiger partial charge >= 0.3 is 0 Å². The number of rotatable bonds is 9. The van der Waals surface area contributed by atoms with Gasteiger partial charge in [-0.3, -0.25) is 0 Å².